The predicted octanol–water partition coefficient (Wildman–Crippen LogP) is 5.42. The fourth-order valence-electron chi connectivity index (χ4n) is 7.52. The number of amides is 4. The first-order valence-electron chi connectivity index (χ1n) is 18.6. The molecule has 4 aromatic rings. The second kappa shape index (κ2) is 15.8. The standard InChI is InChI=1S/C40H50N8O6/c1-21(2)33(45-39(51)53-7)37(49)47-19-23(5)15-31(47)35-41-27-13-11-25(17-29(27)43-35)9-10-26-12-14-28-30(18-26)44-36(42-28)32-16-24(6)20-48(32)38(50)34(22(3)4)46-40(52)54-8/h11-14,17-18,21-24,31-34H,15-16,19-20H2,1-8H3,(H,41,43)(H,42,44)(H,45,51)(H,46,52)/t23-,24-,31-,32-,33-,34-/m0/s1. The number of alkyl carbamates (subject to hydrolysis) is 2. The van der Waals surface area contributed by atoms with E-state index in [1.54, 1.807) is 0 Å². The molecule has 0 spiro atoms. The Kier molecular flexibility index (Phi) is 11.2. The van der Waals surface area contributed by atoms with Gasteiger partial charge in [-0.1, -0.05) is 53.4 Å². The highest BCUT2D eigenvalue weighted by atomic mass is 16.5. The number of ether oxygens (including phenoxy) is 2. The van der Waals surface area contributed by atoms with E-state index in [9.17, 15) is 19.2 Å². The van der Waals surface area contributed by atoms with Gasteiger partial charge < -0.3 is 39.9 Å². The van der Waals surface area contributed by atoms with Gasteiger partial charge in [-0.2, -0.15) is 0 Å². The molecule has 2 aromatic heterocycles. The summed E-state index contributed by atoms with van der Waals surface area (Å²) in [5, 5.41) is 5.41. The lowest BCUT2D eigenvalue weighted by Crippen LogP contribution is -2.51. The quantitative estimate of drug-likeness (QED) is 0.174. The Hall–Kier alpha value is -5.58. The summed E-state index contributed by atoms with van der Waals surface area (Å²) in [6.07, 6.45) is 0.224. The Balaban J connectivity index is 1.20. The summed E-state index contributed by atoms with van der Waals surface area (Å²) in [6, 6.07) is 9.67. The van der Waals surface area contributed by atoms with E-state index in [1.807, 2.05) is 73.9 Å². The number of hydrogen-bond donors (Lipinski definition) is 4. The zero-order valence-corrected chi connectivity index (χ0v) is 32.1. The van der Waals surface area contributed by atoms with Gasteiger partial charge in [0.15, 0.2) is 0 Å². The number of carbonyl (C=O) groups is 4. The summed E-state index contributed by atoms with van der Waals surface area (Å²) < 4.78 is 9.55. The molecule has 54 heavy (non-hydrogen) atoms. The van der Waals surface area contributed by atoms with E-state index in [0.717, 1.165) is 46.0 Å². The SMILES string of the molecule is COC(=O)N[C@H](C(=O)N1C[C@@H](C)C[C@H]1c1nc2cc(C#Cc3ccc4[nH]c([C@@H]5C[C@H](C)CN5C(=O)[C@@H](NC(=O)OC)C(C)C)nc4c3)ccc2[nH]1)C(C)C. The van der Waals surface area contributed by atoms with Crippen LogP contribution in [-0.2, 0) is 19.1 Å². The number of benzene rings is 2. The van der Waals surface area contributed by atoms with Crippen molar-refractivity contribution in [2.75, 3.05) is 27.3 Å². The van der Waals surface area contributed by atoms with Crippen LogP contribution in [-0.4, -0.2) is 93.1 Å². The molecule has 14 nitrogen and oxygen atoms in total. The van der Waals surface area contributed by atoms with Crippen LogP contribution in [0.15, 0.2) is 36.4 Å². The Bertz CT molecular complexity index is 1960. The highest BCUT2D eigenvalue weighted by molar-refractivity contribution is 5.87. The van der Waals surface area contributed by atoms with Crippen molar-refractivity contribution in [1.29, 1.82) is 0 Å². The summed E-state index contributed by atoms with van der Waals surface area (Å²) in [5.41, 5.74) is 4.75. The first-order valence-corrected chi connectivity index (χ1v) is 18.6. The number of nitrogens with zero attached hydrogens (tertiary/aromatic N) is 4. The molecule has 2 fully saturated rings. The third-order valence-corrected chi connectivity index (χ3v) is 10.4. The number of H-pyrrole nitrogens is 2. The molecule has 2 aliphatic rings. The molecule has 2 aromatic carbocycles. The van der Waals surface area contributed by atoms with Gasteiger partial charge in [0, 0.05) is 24.2 Å². The maximum absolute atomic E-state index is 13.7. The number of likely N-dealkylation sites (tertiary alicyclic amines) is 2. The van der Waals surface area contributed by atoms with Gasteiger partial charge in [-0.15, -0.1) is 0 Å². The maximum atomic E-state index is 13.7. The van der Waals surface area contributed by atoms with Crippen LogP contribution in [0.2, 0.25) is 0 Å². The van der Waals surface area contributed by atoms with E-state index < -0.39 is 24.3 Å². The zero-order chi connectivity index (χ0) is 38.8. The van der Waals surface area contributed by atoms with Gasteiger partial charge in [0.25, 0.3) is 0 Å². The predicted molar refractivity (Wildman–Crippen MR) is 203 cm³/mol. The highest BCUT2D eigenvalue weighted by Gasteiger charge is 2.41. The average molecular weight is 739 g/mol. The van der Waals surface area contributed by atoms with E-state index >= 15 is 0 Å². The van der Waals surface area contributed by atoms with Gasteiger partial charge in [-0.25, -0.2) is 19.6 Å². The van der Waals surface area contributed by atoms with Crippen molar-refractivity contribution in [3.63, 3.8) is 0 Å². The second-order valence-corrected chi connectivity index (χ2v) is 15.4. The van der Waals surface area contributed by atoms with Crippen molar-refractivity contribution in [3.05, 3.63) is 59.2 Å². The van der Waals surface area contributed by atoms with Crippen molar-refractivity contribution in [2.24, 2.45) is 23.7 Å². The lowest BCUT2D eigenvalue weighted by atomic mass is 10.0. The summed E-state index contributed by atoms with van der Waals surface area (Å²) in [7, 11) is 2.57. The fourth-order valence-corrected chi connectivity index (χ4v) is 7.52. The van der Waals surface area contributed by atoms with E-state index in [2.05, 4.69) is 46.3 Å². The van der Waals surface area contributed by atoms with Crippen molar-refractivity contribution in [3.8, 4) is 11.8 Å². The first kappa shape index (κ1) is 38.2. The Morgan fingerprint density at radius 2 is 1.09 bits per heavy atom. The van der Waals surface area contributed by atoms with E-state index in [1.165, 1.54) is 14.2 Å². The molecule has 2 aliphatic heterocycles. The van der Waals surface area contributed by atoms with Crippen LogP contribution < -0.4 is 10.6 Å². The Labute approximate surface area is 315 Å². The molecule has 0 bridgehead atoms. The van der Waals surface area contributed by atoms with Gasteiger partial charge in [0.1, 0.15) is 23.7 Å². The third kappa shape index (κ3) is 8.00. The fraction of sp³-hybridized carbons (Fsp3) is 0.500. The van der Waals surface area contributed by atoms with Gasteiger partial charge in [-0.05, 0) is 72.9 Å². The number of nitrogens with one attached hydrogen (secondary N) is 4. The van der Waals surface area contributed by atoms with Crippen molar-refractivity contribution in [2.45, 2.75) is 78.6 Å². The molecule has 0 aliphatic carbocycles. The number of carbonyl (C=O) groups excluding carboxylic acids is 4. The molecule has 2 saturated heterocycles. The number of aromatic amines is 2. The van der Waals surface area contributed by atoms with Gasteiger partial charge in [0.2, 0.25) is 11.8 Å². The minimum Gasteiger partial charge on any atom is -0.453 e. The van der Waals surface area contributed by atoms with Crippen LogP contribution in [0, 0.1) is 35.5 Å². The Morgan fingerprint density at radius 1 is 0.704 bits per heavy atom. The molecule has 6 rings (SSSR count). The van der Waals surface area contributed by atoms with Crippen LogP contribution in [0.5, 0.6) is 0 Å². The normalized spacial score (nSPS) is 20.9. The van der Waals surface area contributed by atoms with E-state index in [0.29, 0.717) is 24.7 Å². The lowest BCUT2D eigenvalue weighted by Gasteiger charge is -2.30. The van der Waals surface area contributed by atoms with Crippen LogP contribution in [0.4, 0.5) is 9.59 Å². The molecule has 0 radical (unpaired) electrons. The monoisotopic (exact) mass is 738 g/mol. The van der Waals surface area contributed by atoms with Gasteiger partial charge >= 0.3 is 12.2 Å². The molecule has 6 atom stereocenters. The number of imidazole rings is 2. The minimum absolute atomic E-state index is 0.126. The second-order valence-electron chi connectivity index (χ2n) is 15.4. The maximum Gasteiger partial charge on any atom is 0.407 e. The highest BCUT2D eigenvalue weighted by Crippen LogP contribution is 2.37. The molecule has 4 N–H and O–H groups in total. The summed E-state index contributed by atoms with van der Waals surface area (Å²) >= 11 is 0. The minimum atomic E-state index is -0.714. The van der Waals surface area contributed by atoms with E-state index in [-0.39, 0.29) is 47.6 Å². The summed E-state index contributed by atoms with van der Waals surface area (Å²) in [4.78, 5) is 71.7. The molecule has 0 saturated carbocycles. The number of methoxy groups -OCH3 is 2. The van der Waals surface area contributed by atoms with Crippen molar-refractivity contribution >= 4 is 46.1 Å². The van der Waals surface area contributed by atoms with Gasteiger partial charge in [0.05, 0.1) is 48.4 Å². The van der Waals surface area contributed by atoms with Crippen molar-refractivity contribution in [1.82, 2.24) is 40.4 Å². The first-order chi connectivity index (χ1) is 25.8. The molecule has 0 unspecified atom stereocenters. The number of hydrogen-bond acceptors (Lipinski definition) is 8. The average Bonchev–Trinajstić information content (AvgIpc) is 3.94. The third-order valence-electron chi connectivity index (χ3n) is 10.4. The topological polar surface area (TPSA) is 175 Å². The van der Waals surface area contributed by atoms with Gasteiger partial charge in [-0.3, -0.25) is 9.59 Å². The molecular weight excluding hydrogens is 688 g/mol. The molecule has 14 heteroatoms. The zero-order valence-electron chi connectivity index (χ0n) is 32.1. The molecule has 4 heterocycles. The number of aromatic nitrogens is 4. The lowest BCUT2D eigenvalue weighted by molar-refractivity contribution is -0.136. The number of fused-ring (bicyclic) bond motifs is 2. The Morgan fingerprint density at radius 3 is 1.44 bits per heavy atom. The van der Waals surface area contributed by atoms with Crippen LogP contribution in [0.1, 0.15) is 89.2 Å². The molecular formula is C40H50N8O6. The molecule has 286 valence electrons. The summed E-state index contributed by atoms with van der Waals surface area (Å²) in [6.45, 7) is 12.9. The molecule has 4 amide bonds. The number of rotatable bonds is 8. The van der Waals surface area contributed by atoms with Crippen molar-refractivity contribution < 1.29 is 28.7 Å². The van der Waals surface area contributed by atoms with E-state index in [4.69, 9.17) is 19.4 Å². The van der Waals surface area contributed by atoms with Crippen LogP contribution in [0.3, 0.4) is 0 Å². The largest absolute Gasteiger partial charge is 0.453 e. The van der Waals surface area contributed by atoms with Crippen LogP contribution >= 0.6 is 0 Å². The smallest absolute Gasteiger partial charge is 0.407 e. The summed E-state index contributed by atoms with van der Waals surface area (Å²) in [5.74, 6) is 7.87. The van der Waals surface area contributed by atoms with Crippen LogP contribution in [0.25, 0.3) is 22.1 Å².